The maximum absolute atomic E-state index is 12.8. The minimum atomic E-state index is -0.792. The molecule has 0 heterocycles. The van der Waals surface area contributed by atoms with E-state index in [9.17, 15) is 14.4 Å². The van der Waals surface area contributed by atoms with E-state index in [2.05, 4.69) is 93.7 Å². The largest absolute Gasteiger partial charge is 0.462 e. The van der Waals surface area contributed by atoms with Crippen molar-refractivity contribution in [1.29, 1.82) is 0 Å². The predicted octanol–water partition coefficient (Wildman–Crippen LogP) is 16.6. The number of unbranched alkanes of at least 4 members (excludes halogenated alkanes) is 22. The van der Waals surface area contributed by atoms with E-state index in [4.69, 9.17) is 14.2 Å². The molecule has 0 rings (SSSR count). The number of carbonyl (C=O) groups is 3. The third kappa shape index (κ3) is 47.7. The normalized spacial score (nSPS) is 12.6. The predicted molar refractivity (Wildman–Crippen MR) is 261 cm³/mol. The van der Waals surface area contributed by atoms with E-state index >= 15 is 0 Å². The van der Waals surface area contributed by atoms with Crippen molar-refractivity contribution in [1.82, 2.24) is 0 Å². The van der Waals surface area contributed by atoms with Gasteiger partial charge in [0.1, 0.15) is 13.2 Å². The highest BCUT2D eigenvalue weighted by Gasteiger charge is 2.19. The van der Waals surface area contributed by atoms with Crippen molar-refractivity contribution in [3.8, 4) is 0 Å². The summed E-state index contributed by atoms with van der Waals surface area (Å²) in [6.07, 6.45) is 61.6. The highest BCUT2D eigenvalue weighted by Crippen LogP contribution is 2.13. The van der Waals surface area contributed by atoms with Crippen LogP contribution in [0.1, 0.15) is 239 Å². The van der Waals surface area contributed by atoms with Crippen LogP contribution in [0.2, 0.25) is 0 Å². The van der Waals surface area contributed by atoms with Gasteiger partial charge in [-0.05, 0) is 109 Å². The number of hydrogen-bond acceptors (Lipinski definition) is 6. The average molecular weight is 851 g/mol. The molecule has 0 aliphatic rings. The second kappa shape index (κ2) is 49.5. The van der Waals surface area contributed by atoms with Crippen molar-refractivity contribution in [2.24, 2.45) is 0 Å². The van der Waals surface area contributed by atoms with Crippen LogP contribution in [0.5, 0.6) is 0 Å². The van der Waals surface area contributed by atoms with Gasteiger partial charge in [-0.25, -0.2) is 0 Å². The summed E-state index contributed by atoms with van der Waals surface area (Å²) in [6, 6.07) is 0. The molecular formula is C55H94O6. The van der Waals surface area contributed by atoms with Crippen LogP contribution in [0.15, 0.2) is 72.9 Å². The highest BCUT2D eigenvalue weighted by molar-refractivity contribution is 5.71. The van der Waals surface area contributed by atoms with E-state index in [1.807, 2.05) is 0 Å². The Balaban J connectivity index is 4.45. The van der Waals surface area contributed by atoms with Crippen LogP contribution in [0.3, 0.4) is 0 Å². The fourth-order valence-electron chi connectivity index (χ4n) is 6.83. The van der Waals surface area contributed by atoms with E-state index in [0.717, 1.165) is 128 Å². The Hall–Kier alpha value is -3.15. The summed E-state index contributed by atoms with van der Waals surface area (Å²) in [4.78, 5) is 37.9. The molecule has 0 N–H and O–H groups in total. The summed E-state index contributed by atoms with van der Waals surface area (Å²) in [6.45, 7) is 6.45. The zero-order valence-corrected chi connectivity index (χ0v) is 39.9. The van der Waals surface area contributed by atoms with E-state index in [0.29, 0.717) is 19.3 Å². The lowest BCUT2D eigenvalue weighted by atomic mass is 10.1. The first-order valence-corrected chi connectivity index (χ1v) is 25.4. The third-order valence-electron chi connectivity index (χ3n) is 10.7. The molecule has 0 aromatic heterocycles. The minimum absolute atomic E-state index is 0.0914. The summed E-state index contributed by atoms with van der Waals surface area (Å²) < 4.78 is 16.8. The van der Waals surface area contributed by atoms with Gasteiger partial charge in [0, 0.05) is 19.3 Å². The standard InChI is InChI=1S/C55H94O6/c1-4-7-10-13-16-19-22-25-27-30-33-36-39-42-45-48-54(57)60-51-52(50-59-53(56)47-44-41-38-35-32-29-24-21-18-15-12-9-6-3)61-55(58)49-46-43-40-37-34-31-28-26-23-20-17-14-11-8-5-2/h7,10,16-17,19-21,24-28,52H,4-6,8-9,11-15,18,22-23,29-51H2,1-3H3/b10-7+,19-16+,20-17+,24-21+,27-25+,28-26+/t52-/m1/s1. The number of carbonyl (C=O) groups excluding carboxylic acids is 3. The van der Waals surface area contributed by atoms with E-state index < -0.39 is 6.10 Å². The van der Waals surface area contributed by atoms with Gasteiger partial charge >= 0.3 is 17.9 Å². The lowest BCUT2D eigenvalue weighted by molar-refractivity contribution is -0.167. The van der Waals surface area contributed by atoms with Gasteiger partial charge in [-0.1, -0.05) is 184 Å². The zero-order chi connectivity index (χ0) is 44.4. The molecule has 0 saturated heterocycles. The zero-order valence-electron chi connectivity index (χ0n) is 39.9. The van der Waals surface area contributed by atoms with Crippen LogP contribution in [0.4, 0.5) is 0 Å². The number of ether oxygens (including phenoxy) is 3. The highest BCUT2D eigenvalue weighted by atomic mass is 16.6. The molecule has 350 valence electrons. The minimum Gasteiger partial charge on any atom is -0.462 e. The molecule has 6 nitrogen and oxygen atoms in total. The Labute approximate surface area is 376 Å². The van der Waals surface area contributed by atoms with Gasteiger partial charge in [0.25, 0.3) is 0 Å². The molecule has 0 radical (unpaired) electrons. The van der Waals surface area contributed by atoms with Gasteiger partial charge < -0.3 is 14.2 Å². The fraction of sp³-hybridized carbons (Fsp3) is 0.727. The van der Waals surface area contributed by atoms with Gasteiger partial charge in [0.15, 0.2) is 6.10 Å². The number of hydrogen-bond donors (Lipinski definition) is 0. The Kier molecular flexibility index (Phi) is 46.9. The van der Waals surface area contributed by atoms with E-state index in [1.54, 1.807) is 0 Å². The number of allylic oxidation sites excluding steroid dienone is 12. The Bertz CT molecular complexity index is 1160. The van der Waals surface area contributed by atoms with Crippen molar-refractivity contribution in [3.63, 3.8) is 0 Å². The number of rotatable bonds is 45. The molecule has 0 fully saturated rings. The quantitative estimate of drug-likeness (QED) is 0.0263. The van der Waals surface area contributed by atoms with Gasteiger partial charge in [-0.15, -0.1) is 0 Å². The summed E-state index contributed by atoms with van der Waals surface area (Å²) in [5.74, 6) is -0.931. The van der Waals surface area contributed by atoms with E-state index in [-0.39, 0.29) is 31.1 Å². The van der Waals surface area contributed by atoms with Crippen LogP contribution in [0, 0.1) is 0 Å². The maximum Gasteiger partial charge on any atom is 0.306 e. The molecule has 0 aromatic carbocycles. The second-order valence-electron chi connectivity index (χ2n) is 16.7. The first kappa shape index (κ1) is 57.9. The third-order valence-corrected chi connectivity index (χ3v) is 10.7. The van der Waals surface area contributed by atoms with Crippen LogP contribution in [-0.4, -0.2) is 37.2 Å². The topological polar surface area (TPSA) is 78.9 Å². The second-order valence-corrected chi connectivity index (χ2v) is 16.7. The first-order chi connectivity index (χ1) is 30.0. The molecule has 0 aromatic rings. The van der Waals surface area contributed by atoms with Crippen LogP contribution < -0.4 is 0 Å². The smallest absolute Gasteiger partial charge is 0.306 e. The lowest BCUT2D eigenvalue weighted by Gasteiger charge is -2.18. The number of esters is 3. The molecule has 1 atom stereocenters. The SMILES string of the molecule is CC/C=C/C/C=C/C/C=C/CCCCCCCC(=O)OC[C@@H](COC(=O)CCCCCCC/C=C/CCCCCC)OC(=O)CCCCCCC/C=C/C/C=C/CCCCC. The van der Waals surface area contributed by atoms with Gasteiger partial charge in [0.2, 0.25) is 0 Å². The molecule has 0 spiro atoms. The van der Waals surface area contributed by atoms with Gasteiger partial charge in [0.05, 0.1) is 0 Å². The molecule has 0 aliphatic heterocycles. The lowest BCUT2D eigenvalue weighted by Crippen LogP contribution is -2.30. The van der Waals surface area contributed by atoms with Crippen molar-refractivity contribution < 1.29 is 28.6 Å². The Morgan fingerprint density at radius 2 is 0.639 bits per heavy atom. The molecule has 0 saturated carbocycles. The molecule has 0 amide bonds. The average Bonchev–Trinajstić information content (AvgIpc) is 3.26. The summed E-state index contributed by atoms with van der Waals surface area (Å²) in [5.41, 5.74) is 0. The molecule has 0 aliphatic carbocycles. The van der Waals surface area contributed by atoms with Gasteiger partial charge in [-0.3, -0.25) is 14.4 Å². The van der Waals surface area contributed by atoms with Gasteiger partial charge in [-0.2, -0.15) is 0 Å². The van der Waals surface area contributed by atoms with E-state index in [1.165, 1.54) is 70.6 Å². The fourth-order valence-corrected chi connectivity index (χ4v) is 6.83. The Morgan fingerprint density at radius 3 is 1.05 bits per heavy atom. The van der Waals surface area contributed by atoms with Crippen LogP contribution >= 0.6 is 0 Å². The molecular weight excluding hydrogens is 757 g/mol. The van der Waals surface area contributed by atoms with Crippen molar-refractivity contribution >= 4 is 17.9 Å². The molecule has 61 heavy (non-hydrogen) atoms. The van der Waals surface area contributed by atoms with Crippen molar-refractivity contribution in [2.75, 3.05) is 13.2 Å². The molecule has 0 unspecified atom stereocenters. The maximum atomic E-state index is 12.8. The Morgan fingerprint density at radius 1 is 0.344 bits per heavy atom. The van der Waals surface area contributed by atoms with Crippen molar-refractivity contribution in [3.05, 3.63) is 72.9 Å². The monoisotopic (exact) mass is 851 g/mol. The van der Waals surface area contributed by atoms with Crippen molar-refractivity contribution in [2.45, 2.75) is 245 Å². The summed E-state index contributed by atoms with van der Waals surface area (Å²) >= 11 is 0. The van der Waals surface area contributed by atoms with Crippen LogP contribution in [-0.2, 0) is 28.6 Å². The summed E-state index contributed by atoms with van der Waals surface area (Å²) in [7, 11) is 0. The molecule has 0 bridgehead atoms. The first-order valence-electron chi connectivity index (χ1n) is 25.4. The van der Waals surface area contributed by atoms with Crippen LogP contribution in [0.25, 0.3) is 0 Å². The summed E-state index contributed by atoms with van der Waals surface area (Å²) in [5, 5.41) is 0. The molecule has 6 heteroatoms.